The minimum absolute atomic E-state index is 0.0912. The largest absolute Gasteiger partial charge is 0.396 e. The summed E-state index contributed by atoms with van der Waals surface area (Å²) >= 11 is 0. The molecule has 0 radical (unpaired) electrons. The molecule has 0 saturated heterocycles. The van der Waals surface area contributed by atoms with Gasteiger partial charge in [-0.3, -0.25) is 4.79 Å². The maximum atomic E-state index is 11.8. The van der Waals surface area contributed by atoms with Gasteiger partial charge in [-0.15, -0.1) is 0 Å². The highest BCUT2D eigenvalue weighted by Gasteiger charge is 2.13. The molecule has 0 aliphatic heterocycles. The number of rotatable bonds is 5. The van der Waals surface area contributed by atoms with E-state index in [2.05, 4.69) is 9.97 Å². The monoisotopic (exact) mass is 209 g/mol. The summed E-state index contributed by atoms with van der Waals surface area (Å²) in [5, 5.41) is 8.70. The lowest BCUT2D eigenvalue weighted by molar-refractivity contribution is 0.0753. The third-order valence-corrected chi connectivity index (χ3v) is 2.06. The second-order valence-electron chi connectivity index (χ2n) is 3.09. The zero-order valence-corrected chi connectivity index (χ0v) is 8.76. The fraction of sp³-hybridized carbons (Fsp3) is 0.500. The van der Waals surface area contributed by atoms with Gasteiger partial charge in [-0.2, -0.15) is 0 Å². The molecule has 1 heterocycles. The number of aliphatic hydroxyl groups excluding tert-OH is 1. The number of aromatic nitrogens is 2. The van der Waals surface area contributed by atoms with Crippen LogP contribution in [0.1, 0.15) is 23.7 Å². The minimum atomic E-state index is -0.0912. The highest BCUT2D eigenvalue weighted by molar-refractivity contribution is 5.93. The van der Waals surface area contributed by atoms with Crippen molar-refractivity contribution in [3.8, 4) is 0 Å². The first-order valence-electron chi connectivity index (χ1n) is 4.94. The molecular weight excluding hydrogens is 194 g/mol. The van der Waals surface area contributed by atoms with Crippen molar-refractivity contribution < 1.29 is 9.90 Å². The molecule has 0 bridgehead atoms. The van der Waals surface area contributed by atoms with Crippen LogP contribution in [0.25, 0.3) is 0 Å². The molecule has 0 fully saturated rings. The van der Waals surface area contributed by atoms with Crippen LogP contribution in [-0.4, -0.2) is 45.6 Å². The van der Waals surface area contributed by atoms with E-state index in [9.17, 15) is 4.79 Å². The van der Waals surface area contributed by atoms with Crippen LogP contribution in [0, 0.1) is 0 Å². The van der Waals surface area contributed by atoms with E-state index in [0.29, 0.717) is 25.1 Å². The Balaban J connectivity index is 2.65. The Morgan fingerprint density at radius 3 is 2.67 bits per heavy atom. The van der Waals surface area contributed by atoms with E-state index in [-0.39, 0.29) is 12.5 Å². The topological polar surface area (TPSA) is 66.3 Å². The molecular formula is C10H15N3O2. The van der Waals surface area contributed by atoms with Crippen LogP contribution >= 0.6 is 0 Å². The van der Waals surface area contributed by atoms with Gasteiger partial charge in [0.1, 0.15) is 6.33 Å². The SMILES string of the molecule is CCN(CCCO)C(=O)c1cncnc1. The summed E-state index contributed by atoms with van der Waals surface area (Å²) in [5.41, 5.74) is 0.484. The van der Waals surface area contributed by atoms with Crippen molar-refractivity contribution in [2.24, 2.45) is 0 Å². The smallest absolute Gasteiger partial charge is 0.256 e. The Morgan fingerprint density at radius 1 is 1.47 bits per heavy atom. The summed E-state index contributed by atoms with van der Waals surface area (Å²) in [6.45, 7) is 3.17. The third-order valence-electron chi connectivity index (χ3n) is 2.06. The van der Waals surface area contributed by atoms with Crippen molar-refractivity contribution in [3.05, 3.63) is 24.3 Å². The third kappa shape index (κ3) is 3.28. The van der Waals surface area contributed by atoms with E-state index in [1.54, 1.807) is 4.90 Å². The predicted molar refractivity (Wildman–Crippen MR) is 55.3 cm³/mol. The standard InChI is InChI=1S/C10H15N3O2/c1-2-13(4-3-5-14)10(15)9-6-11-8-12-7-9/h6-8,14H,2-5H2,1H3. The summed E-state index contributed by atoms with van der Waals surface area (Å²) in [5.74, 6) is -0.0912. The van der Waals surface area contributed by atoms with Gasteiger partial charge in [-0.1, -0.05) is 0 Å². The fourth-order valence-electron chi connectivity index (χ4n) is 1.26. The van der Waals surface area contributed by atoms with Gasteiger partial charge in [0.25, 0.3) is 5.91 Å². The van der Waals surface area contributed by atoms with Crippen LogP contribution in [0.5, 0.6) is 0 Å². The second-order valence-corrected chi connectivity index (χ2v) is 3.09. The minimum Gasteiger partial charge on any atom is -0.396 e. The van der Waals surface area contributed by atoms with Gasteiger partial charge in [-0.25, -0.2) is 9.97 Å². The van der Waals surface area contributed by atoms with Gasteiger partial charge in [0.05, 0.1) is 5.56 Å². The molecule has 0 aliphatic rings. The highest BCUT2D eigenvalue weighted by atomic mass is 16.3. The number of carbonyl (C=O) groups excluding carboxylic acids is 1. The lowest BCUT2D eigenvalue weighted by Gasteiger charge is -2.19. The van der Waals surface area contributed by atoms with Crippen LogP contribution in [0.2, 0.25) is 0 Å². The van der Waals surface area contributed by atoms with Crippen molar-refractivity contribution in [1.29, 1.82) is 0 Å². The van der Waals surface area contributed by atoms with Gasteiger partial charge >= 0.3 is 0 Å². The zero-order chi connectivity index (χ0) is 11.1. The molecule has 1 aromatic rings. The van der Waals surface area contributed by atoms with Crippen molar-refractivity contribution in [2.45, 2.75) is 13.3 Å². The molecule has 82 valence electrons. The van der Waals surface area contributed by atoms with Crippen molar-refractivity contribution in [2.75, 3.05) is 19.7 Å². The Kier molecular flexibility index (Phi) is 4.70. The average Bonchev–Trinajstić information content (AvgIpc) is 2.31. The summed E-state index contributed by atoms with van der Waals surface area (Å²) in [6.07, 6.45) is 4.97. The number of aliphatic hydroxyl groups is 1. The number of amides is 1. The zero-order valence-electron chi connectivity index (χ0n) is 8.76. The first-order valence-corrected chi connectivity index (χ1v) is 4.94. The van der Waals surface area contributed by atoms with Crippen LogP contribution in [0.3, 0.4) is 0 Å². The molecule has 1 amide bonds. The molecule has 0 atom stereocenters. The van der Waals surface area contributed by atoms with Crippen molar-refractivity contribution in [3.63, 3.8) is 0 Å². The van der Waals surface area contributed by atoms with Gasteiger partial charge in [-0.05, 0) is 13.3 Å². The highest BCUT2D eigenvalue weighted by Crippen LogP contribution is 2.02. The molecule has 0 unspecified atom stereocenters. The maximum absolute atomic E-state index is 11.8. The van der Waals surface area contributed by atoms with Gasteiger partial charge in [0, 0.05) is 32.1 Å². The van der Waals surface area contributed by atoms with Gasteiger partial charge in [0.15, 0.2) is 0 Å². The Bertz CT molecular complexity index is 303. The summed E-state index contributed by atoms with van der Waals surface area (Å²) in [4.78, 5) is 21.1. The molecule has 5 heteroatoms. The number of hydrogen-bond acceptors (Lipinski definition) is 4. The lowest BCUT2D eigenvalue weighted by atomic mass is 10.2. The van der Waals surface area contributed by atoms with Crippen LogP contribution < -0.4 is 0 Å². The van der Waals surface area contributed by atoms with E-state index in [1.807, 2.05) is 6.92 Å². The van der Waals surface area contributed by atoms with E-state index in [1.165, 1.54) is 18.7 Å². The molecule has 15 heavy (non-hydrogen) atoms. The average molecular weight is 209 g/mol. The van der Waals surface area contributed by atoms with Crippen LogP contribution in [0.15, 0.2) is 18.7 Å². The van der Waals surface area contributed by atoms with Crippen molar-refractivity contribution >= 4 is 5.91 Å². The molecule has 1 N–H and O–H groups in total. The first-order chi connectivity index (χ1) is 7.29. The molecule has 5 nitrogen and oxygen atoms in total. The van der Waals surface area contributed by atoms with E-state index < -0.39 is 0 Å². The molecule has 0 aromatic carbocycles. The number of nitrogens with zero attached hydrogens (tertiary/aromatic N) is 3. The van der Waals surface area contributed by atoms with Gasteiger partial charge in [0.2, 0.25) is 0 Å². The lowest BCUT2D eigenvalue weighted by Crippen LogP contribution is -2.32. The Labute approximate surface area is 88.8 Å². The van der Waals surface area contributed by atoms with Gasteiger partial charge < -0.3 is 10.0 Å². The van der Waals surface area contributed by atoms with Crippen LogP contribution in [-0.2, 0) is 0 Å². The van der Waals surface area contributed by atoms with E-state index >= 15 is 0 Å². The predicted octanol–water partition coefficient (Wildman–Crippen LogP) is 0.321. The molecule has 0 aliphatic carbocycles. The van der Waals surface area contributed by atoms with Crippen LogP contribution in [0.4, 0.5) is 0 Å². The first kappa shape index (κ1) is 11.6. The Hall–Kier alpha value is -1.49. The van der Waals surface area contributed by atoms with Crippen molar-refractivity contribution in [1.82, 2.24) is 14.9 Å². The fourth-order valence-corrected chi connectivity index (χ4v) is 1.26. The summed E-state index contributed by atoms with van der Waals surface area (Å²) < 4.78 is 0. The van der Waals surface area contributed by atoms with E-state index in [0.717, 1.165) is 0 Å². The number of hydrogen-bond donors (Lipinski definition) is 1. The molecule has 0 saturated carbocycles. The Morgan fingerprint density at radius 2 is 2.13 bits per heavy atom. The molecule has 1 aromatic heterocycles. The second kappa shape index (κ2) is 6.08. The summed E-state index contributed by atoms with van der Waals surface area (Å²) in [6, 6.07) is 0. The maximum Gasteiger partial charge on any atom is 0.256 e. The number of carbonyl (C=O) groups is 1. The normalized spacial score (nSPS) is 10.0. The summed E-state index contributed by atoms with van der Waals surface area (Å²) in [7, 11) is 0. The quantitative estimate of drug-likeness (QED) is 0.758. The molecule has 1 rings (SSSR count). The van der Waals surface area contributed by atoms with E-state index in [4.69, 9.17) is 5.11 Å². The molecule has 0 spiro atoms.